The second-order valence-electron chi connectivity index (χ2n) is 4.09. The van der Waals surface area contributed by atoms with Crippen LogP contribution in [0.25, 0.3) is 11.4 Å². The Morgan fingerprint density at radius 1 is 1.33 bits per heavy atom. The first-order chi connectivity index (χ1) is 10.0. The number of carbonyl (C=O) groups is 1. The highest BCUT2D eigenvalue weighted by Crippen LogP contribution is 2.29. The molecule has 0 atom stereocenters. The van der Waals surface area contributed by atoms with Gasteiger partial charge in [-0.25, -0.2) is 0 Å². The first kappa shape index (κ1) is 16.1. The van der Waals surface area contributed by atoms with Crippen LogP contribution in [0.1, 0.15) is 6.92 Å². The Hall–Kier alpha value is -1.24. The molecule has 0 unspecified atom stereocenters. The van der Waals surface area contributed by atoms with Crippen molar-refractivity contribution in [3.05, 3.63) is 28.2 Å². The van der Waals surface area contributed by atoms with Gasteiger partial charge in [0.25, 0.3) is 0 Å². The smallest absolute Gasteiger partial charge is 0.316 e. The Labute approximate surface area is 136 Å². The van der Waals surface area contributed by atoms with Crippen LogP contribution in [0.3, 0.4) is 0 Å². The van der Waals surface area contributed by atoms with E-state index in [2.05, 4.69) is 10.2 Å². The average Bonchev–Trinajstić information content (AvgIpc) is 2.81. The topological polar surface area (TPSA) is 57.0 Å². The first-order valence-electron chi connectivity index (χ1n) is 6.16. The van der Waals surface area contributed by atoms with Crippen LogP contribution < -0.4 is 0 Å². The summed E-state index contributed by atoms with van der Waals surface area (Å²) in [5.41, 5.74) is 0.808. The van der Waals surface area contributed by atoms with Crippen molar-refractivity contribution >= 4 is 40.9 Å². The molecule has 0 N–H and O–H groups in total. The van der Waals surface area contributed by atoms with E-state index in [0.29, 0.717) is 27.6 Å². The fourth-order valence-corrected chi connectivity index (χ4v) is 2.66. The number of thioether (sulfide) groups is 1. The van der Waals surface area contributed by atoms with Crippen LogP contribution >= 0.6 is 35.0 Å². The third kappa shape index (κ3) is 3.90. The number of carbonyl (C=O) groups excluding carboxylic acids is 1. The monoisotopic (exact) mass is 345 g/mol. The summed E-state index contributed by atoms with van der Waals surface area (Å²) in [6, 6.07) is 5.26. The molecule has 0 bridgehead atoms. The number of benzene rings is 1. The summed E-state index contributed by atoms with van der Waals surface area (Å²) in [4.78, 5) is 11.4. The average molecular weight is 346 g/mol. The summed E-state index contributed by atoms with van der Waals surface area (Å²) in [6.45, 7) is 2.14. The molecule has 0 aliphatic heterocycles. The number of ether oxygens (including phenoxy) is 1. The summed E-state index contributed by atoms with van der Waals surface area (Å²) in [5, 5.41) is 9.76. The Balaban J connectivity index is 2.16. The van der Waals surface area contributed by atoms with Crippen molar-refractivity contribution in [2.75, 3.05) is 12.4 Å². The highest BCUT2D eigenvalue weighted by Gasteiger charge is 2.14. The van der Waals surface area contributed by atoms with Gasteiger partial charge in [-0.05, 0) is 25.1 Å². The van der Waals surface area contributed by atoms with Crippen LogP contribution in [-0.4, -0.2) is 33.1 Å². The molecule has 8 heteroatoms. The van der Waals surface area contributed by atoms with Crippen molar-refractivity contribution in [3.8, 4) is 11.4 Å². The standard InChI is InChI=1S/C13H13Cl2N3O2S/c1-3-20-11(19)7-21-13-17-16-12(18(13)2)8-4-5-9(14)10(15)6-8/h4-6H,3,7H2,1-2H3. The molecule has 1 heterocycles. The summed E-state index contributed by atoms with van der Waals surface area (Å²) < 4.78 is 6.67. The quantitative estimate of drug-likeness (QED) is 0.613. The van der Waals surface area contributed by atoms with Gasteiger partial charge in [0.05, 0.1) is 22.4 Å². The molecular formula is C13H13Cl2N3O2S. The SMILES string of the molecule is CCOC(=O)CSc1nnc(-c2ccc(Cl)c(Cl)c2)n1C. The van der Waals surface area contributed by atoms with E-state index in [1.54, 1.807) is 23.6 Å². The summed E-state index contributed by atoms with van der Waals surface area (Å²) in [6.07, 6.45) is 0. The third-order valence-electron chi connectivity index (χ3n) is 2.64. The lowest BCUT2D eigenvalue weighted by molar-refractivity contribution is -0.139. The minimum atomic E-state index is -0.276. The van der Waals surface area contributed by atoms with Gasteiger partial charge in [-0.2, -0.15) is 0 Å². The molecule has 112 valence electrons. The minimum absolute atomic E-state index is 0.196. The number of nitrogens with zero attached hydrogens (tertiary/aromatic N) is 3. The van der Waals surface area contributed by atoms with Crippen molar-refractivity contribution in [3.63, 3.8) is 0 Å². The van der Waals surface area contributed by atoms with E-state index in [1.807, 2.05) is 13.1 Å². The van der Waals surface area contributed by atoms with E-state index in [-0.39, 0.29) is 11.7 Å². The van der Waals surface area contributed by atoms with Crippen LogP contribution in [0, 0.1) is 0 Å². The van der Waals surface area contributed by atoms with Gasteiger partial charge in [0.1, 0.15) is 0 Å². The van der Waals surface area contributed by atoms with Crippen LogP contribution in [0.4, 0.5) is 0 Å². The lowest BCUT2D eigenvalue weighted by Crippen LogP contribution is -2.07. The van der Waals surface area contributed by atoms with E-state index >= 15 is 0 Å². The zero-order valence-corrected chi connectivity index (χ0v) is 13.8. The maximum atomic E-state index is 11.4. The summed E-state index contributed by atoms with van der Waals surface area (Å²) in [7, 11) is 1.82. The van der Waals surface area contributed by atoms with E-state index in [0.717, 1.165) is 5.56 Å². The van der Waals surface area contributed by atoms with Crippen LogP contribution in [0.5, 0.6) is 0 Å². The number of rotatable bonds is 5. The second kappa shape index (κ2) is 7.15. The van der Waals surface area contributed by atoms with E-state index in [4.69, 9.17) is 27.9 Å². The van der Waals surface area contributed by atoms with Gasteiger partial charge in [-0.1, -0.05) is 35.0 Å². The number of halogens is 2. The lowest BCUT2D eigenvalue weighted by atomic mass is 10.2. The number of esters is 1. The highest BCUT2D eigenvalue weighted by molar-refractivity contribution is 7.99. The van der Waals surface area contributed by atoms with Gasteiger partial charge in [0.15, 0.2) is 11.0 Å². The van der Waals surface area contributed by atoms with E-state index < -0.39 is 0 Å². The van der Waals surface area contributed by atoms with Gasteiger partial charge in [-0.3, -0.25) is 4.79 Å². The van der Waals surface area contributed by atoms with Crippen molar-refractivity contribution in [1.29, 1.82) is 0 Å². The molecule has 0 amide bonds. The molecule has 1 aromatic carbocycles. The highest BCUT2D eigenvalue weighted by atomic mass is 35.5. The molecule has 5 nitrogen and oxygen atoms in total. The fourth-order valence-electron chi connectivity index (χ4n) is 1.65. The Morgan fingerprint density at radius 3 is 2.76 bits per heavy atom. The fraction of sp³-hybridized carbons (Fsp3) is 0.308. The molecule has 0 spiro atoms. The van der Waals surface area contributed by atoms with Crippen LogP contribution in [0.2, 0.25) is 10.0 Å². The van der Waals surface area contributed by atoms with E-state index in [9.17, 15) is 4.79 Å². The van der Waals surface area contributed by atoms with Crippen molar-refractivity contribution in [2.24, 2.45) is 7.05 Å². The molecule has 0 saturated carbocycles. The van der Waals surface area contributed by atoms with Crippen molar-refractivity contribution in [2.45, 2.75) is 12.1 Å². The molecule has 2 rings (SSSR count). The summed E-state index contributed by atoms with van der Waals surface area (Å²) in [5.74, 6) is 0.572. The molecular weight excluding hydrogens is 333 g/mol. The maximum Gasteiger partial charge on any atom is 0.316 e. The van der Waals surface area contributed by atoms with Crippen LogP contribution in [-0.2, 0) is 16.6 Å². The minimum Gasteiger partial charge on any atom is -0.465 e. The van der Waals surface area contributed by atoms with Gasteiger partial charge < -0.3 is 9.30 Å². The zero-order valence-electron chi connectivity index (χ0n) is 11.5. The first-order valence-corrected chi connectivity index (χ1v) is 7.90. The molecule has 0 saturated heterocycles. The lowest BCUT2D eigenvalue weighted by Gasteiger charge is -2.05. The number of hydrogen-bond acceptors (Lipinski definition) is 5. The normalized spacial score (nSPS) is 10.7. The number of hydrogen-bond donors (Lipinski definition) is 0. The third-order valence-corrected chi connectivity index (χ3v) is 4.37. The predicted octanol–water partition coefficient (Wildman–Crippen LogP) is 3.44. The maximum absolute atomic E-state index is 11.4. The molecule has 21 heavy (non-hydrogen) atoms. The van der Waals surface area contributed by atoms with Gasteiger partial charge in [0.2, 0.25) is 0 Å². The van der Waals surface area contributed by atoms with Crippen molar-refractivity contribution < 1.29 is 9.53 Å². The Kier molecular flexibility index (Phi) is 5.50. The second-order valence-corrected chi connectivity index (χ2v) is 5.84. The van der Waals surface area contributed by atoms with Crippen LogP contribution in [0.15, 0.2) is 23.4 Å². The Morgan fingerprint density at radius 2 is 2.10 bits per heavy atom. The van der Waals surface area contributed by atoms with Gasteiger partial charge in [0, 0.05) is 12.6 Å². The zero-order chi connectivity index (χ0) is 15.4. The molecule has 1 aromatic heterocycles. The summed E-state index contributed by atoms with van der Waals surface area (Å²) >= 11 is 13.2. The van der Waals surface area contributed by atoms with Gasteiger partial charge in [-0.15, -0.1) is 10.2 Å². The largest absolute Gasteiger partial charge is 0.465 e. The number of aromatic nitrogens is 3. The molecule has 0 aliphatic carbocycles. The molecule has 0 radical (unpaired) electrons. The van der Waals surface area contributed by atoms with Crippen molar-refractivity contribution in [1.82, 2.24) is 14.8 Å². The van der Waals surface area contributed by atoms with E-state index in [1.165, 1.54) is 11.8 Å². The van der Waals surface area contributed by atoms with Gasteiger partial charge >= 0.3 is 5.97 Å². The molecule has 0 fully saturated rings. The predicted molar refractivity (Wildman–Crippen MR) is 83.8 cm³/mol. The molecule has 2 aromatic rings. The Bertz CT molecular complexity index is 661. The molecule has 0 aliphatic rings.